The number of methoxy groups -OCH3 is 3. The van der Waals surface area contributed by atoms with Gasteiger partial charge in [0.05, 0.1) is 32.7 Å². The molecule has 1 aliphatic rings. The van der Waals surface area contributed by atoms with Crippen molar-refractivity contribution in [2.45, 2.75) is 13.0 Å². The van der Waals surface area contributed by atoms with E-state index in [4.69, 9.17) is 14.2 Å². The van der Waals surface area contributed by atoms with E-state index in [0.717, 1.165) is 36.7 Å². The van der Waals surface area contributed by atoms with Gasteiger partial charge in [-0.15, -0.1) is 0 Å². The van der Waals surface area contributed by atoms with E-state index in [-0.39, 0.29) is 5.91 Å². The van der Waals surface area contributed by atoms with Gasteiger partial charge in [0.25, 0.3) is 5.91 Å². The zero-order chi connectivity index (χ0) is 19.2. The number of benzene rings is 1. The first-order valence-corrected chi connectivity index (χ1v) is 8.88. The number of hydrogen-bond acceptors (Lipinski definition) is 6. The van der Waals surface area contributed by atoms with Gasteiger partial charge in [-0.1, -0.05) is 0 Å². The summed E-state index contributed by atoms with van der Waals surface area (Å²) in [5.74, 6) is 1.30. The van der Waals surface area contributed by atoms with Crippen molar-refractivity contribution in [2.75, 3.05) is 45.9 Å². The third-order valence-corrected chi connectivity index (χ3v) is 4.66. The maximum atomic E-state index is 12.0. The number of carbonyl (C=O) groups is 1. The number of carbonyl (C=O) groups excluding carboxylic acids is 1. The van der Waals surface area contributed by atoms with E-state index in [1.54, 1.807) is 33.6 Å². The highest BCUT2D eigenvalue weighted by molar-refractivity contribution is 5.92. The lowest BCUT2D eigenvalue weighted by Gasteiger charge is -2.31. The molecule has 0 saturated carbocycles. The van der Waals surface area contributed by atoms with E-state index >= 15 is 0 Å². The molecule has 0 aliphatic carbocycles. The summed E-state index contributed by atoms with van der Waals surface area (Å²) in [6.45, 7) is 2.58. The van der Waals surface area contributed by atoms with Crippen LogP contribution in [0, 0.1) is 0 Å². The summed E-state index contributed by atoms with van der Waals surface area (Å²) in [4.78, 5) is 18.6. The highest BCUT2D eigenvalue weighted by atomic mass is 16.5. The second kappa shape index (κ2) is 8.73. The van der Waals surface area contributed by atoms with Crippen molar-refractivity contribution in [3.05, 3.63) is 47.3 Å². The Bertz CT molecular complexity index is 793. The van der Waals surface area contributed by atoms with Gasteiger partial charge in [0.1, 0.15) is 5.69 Å². The maximum Gasteiger partial charge on any atom is 0.269 e. The normalized spacial score (nSPS) is 13.1. The van der Waals surface area contributed by atoms with Crippen LogP contribution in [0.4, 0.5) is 5.69 Å². The fraction of sp³-hybridized carbons (Fsp3) is 0.400. The largest absolute Gasteiger partial charge is 0.493 e. The highest BCUT2D eigenvalue weighted by Crippen LogP contribution is 2.34. The van der Waals surface area contributed by atoms with Crippen LogP contribution in [-0.2, 0) is 17.7 Å². The third-order valence-electron chi connectivity index (χ3n) is 4.66. The highest BCUT2D eigenvalue weighted by Gasteiger charge is 2.20. The molecule has 0 saturated heterocycles. The van der Waals surface area contributed by atoms with Crippen LogP contribution in [0.2, 0.25) is 0 Å². The standard InChI is InChI=1S/C20H25N3O4/c1-25-9-7-21-20(24)17-5-4-16(12-22-17)23-8-6-14-10-18(26-2)19(27-3)11-15(14)13-23/h4-5,10-12H,6-9,13H2,1-3H3,(H,21,24). The van der Waals surface area contributed by atoms with E-state index in [0.29, 0.717) is 18.8 Å². The monoisotopic (exact) mass is 371 g/mol. The zero-order valence-corrected chi connectivity index (χ0v) is 15.9. The van der Waals surface area contributed by atoms with Gasteiger partial charge in [-0.25, -0.2) is 4.98 Å². The molecule has 27 heavy (non-hydrogen) atoms. The van der Waals surface area contributed by atoms with Gasteiger partial charge < -0.3 is 24.4 Å². The number of pyridine rings is 1. The summed E-state index contributed by atoms with van der Waals surface area (Å²) < 4.78 is 15.7. The zero-order valence-electron chi connectivity index (χ0n) is 15.9. The number of nitrogens with zero attached hydrogens (tertiary/aromatic N) is 2. The quantitative estimate of drug-likeness (QED) is 0.751. The molecule has 0 fully saturated rings. The van der Waals surface area contributed by atoms with E-state index in [1.807, 2.05) is 12.1 Å². The second-order valence-electron chi connectivity index (χ2n) is 6.30. The Balaban J connectivity index is 1.70. The van der Waals surface area contributed by atoms with Crippen molar-refractivity contribution in [1.29, 1.82) is 0 Å². The first-order valence-electron chi connectivity index (χ1n) is 8.88. The predicted octanol–water partition coefficient (Wildman–Crippen LogP) is 2.04. The summed E-state index contributed by atoms with van der Waals surface area (Å²) in [6, 6.07) is 7.77. The van der Waals surface area contributed by atoms with Crippen molar-refractivity contribution in [3.63, 3.8) is 0 Å². The molecular weight excluding hydrogens is 346 g/mol. The summed E-state index contributed by atoms with van der Waals surface area (Å²) in [6.07, 6.45) is 2.66. The molecule has 7 nitrogen and oxygen atoms in total. The molecule has 3 rings (SSSR count). The summed E-state index contributed by atoms with van der Waals surface area (Å²) in [5.41, 5.74) is 3.87. The maximum absolute atomic E-state index is 12.0. The van der Waals surface area contributed by atoms with Gasteiger partial charge in [-0.05, 0) is 41.8 Å². The number of nitrogens with one attached hydrogen (secondary N) is 1. The van der Waals surface area contributed by atoms with E-state index in [9.17, 15) is 4.79 Å². The van der Waals surface area contributed by atoms with Crippen molar-refractivity contribution in [1.82, 2.24) is 10.3 Å². The molecule has 1 N–H and O–H groups in total. The fourth-order valence-corrected chi connectivity index (χ4v) is 3.17. The van der Waals surface area contributed by atoms with Gasteiger partial charge in [0, 0.05) is 26.7 Å². The lowest BCUT2D eigenvalue weighted by molar-refractivity contribution is 0.0932. The van der Waals surface area contributed by atoms with Gasteiger partial charge in [-0.2, -0.15) is 0 Å². The Morgan fingerprint density at radius 2 is 1.89 bits per heavy atom. The molecule has 2 aromatic rings. The van der Waals surface area contributed by atoms with Crippen molar-refractivity contribution >= 4 is 11.6 Å². The van der Waals surface area contributed by atoms with E-state index in [2.05, 4.69) is 21.3 Å². The Labute approximate surface area is 159 Å². The van der Waals surface area contributed by atoms with Crippen LogP contribution in [0.1, 0.15) is 21.6 Å². The molecule has 0 spiro atoms. The molecule has 1 aromatic heterocycles. The molecule has 0 atom stereocenters. The summed E-state index contributed by atoms with van der Waals surface area (Å²) in [5, 5.41) is 2.77. The Morgan fingerprint density at radius 3 is 2.52 bits per heavy atom. The molecule has 2 heterocycles. The Hall–Kier alpha value is -2.80. The first kappa shape index (κ1) is 19.0. The van der Waals surface area contributed by atoms with Crippen LogP contribution < -0.4 is 19.7 Å². The third kappa shape index (κ3) is 4.31. The van der Waals surface area contributed by atoms with Crippen molar-refractivity contribution < 1.29 is 19.0 Å². The summed E-state index contributed by atoms with van der Waals surface area (Å²) >= 11 is 0. The van der Waals surface area contributed by atoms with Crippen LogP contribution in [0.3, 0.4) is 0 Å². The number of fused-ring (bicyclic) bond motifs is 1. The Kier molecular flexibility index (Phi) is 6.13. The molecule has 1 aromatic carbocycles. The molecule has 0 unspecified atom stereocenters. The topological polar surface area (TPSA) is 72.9 Å². The first-order chi connectivity index (χ1) is 13.2. The van der Waals surface area contributed by atoms with Crippen LogP contribution in [0.25, 0.3) is 0 Å². The molecule has 7 heteroatoms. The van der Waals surface area contributed by atoms with Crippen LogP contribution in [0.5, 0.6) is 11.5 Å². The number of amides is 1. The van der Waals surface area contributed by atoms with Gasteiger partial charge >= 0.3 is 0 Å². The fourth-order valence-electron chi connectivity index (χ4n) is 3.17. The molecule has 0 bridgehead atoms. The average molecular weight is 371 g/mol. The average Bonchev–Trinajstić information content (AvgIpc) is 2.72. The van der Waals surface area contributed by atoms with Crippen LogP contribution in [0.15, 0.2) is 30.5 Å². The van der Waals surface area contributed by atoms with Crippen molar-refractivity contribution in [2.24, 2.45) is 0 Å². The number of rotatable bonds is 7. The van der Waals surface area contributed by atoms with Gasteiger partial charge in [0.2, 0.25) is 0 Å². The molecular formula is C20H25N3O4. The molecule has 144 valence electrons. The molecule has 1 aliphatic heterocycles. The van der Waals surface area contributed by atoms with Crippen molar-refractivity contribution in [3.8, 4) is 11.5 Å². The van der Waals surface area contributed by atoms with Crippen LogP contribution >= 0.6 is 0 Å². The number of aromatic nitrogens is 1. The second-order valence-corrected chi connectivity index (χ2v) is 6.30. The molecule has 0 radical (unpaired) electrons. The smallest absolute Gasteiger partial charge is 0.269 e. The lowest BCUT2D eigenvalue weighted by atomic mass is 9.98. The van der Waals surface area contributed by atoms with E-state index < -0.39 is 0 Å². The minimum atomic E-state index is -0.195. The summed E-state index contributed by atoms with van der Waals surface area (Å²) in [7, 11) is 4.89. The SMILES string of the molecule is COCCNC(=O)c1ccc(N2CCc3cc(OC)c(OC)cc3C2)cn1. The Morgan fingerprint density at radius 1 is 1.15 bits per heavy atom. The van der Waals surface area contributed by atoms with Crippen LogP contribution in [-0.4, -0.2) is 51.9 Å². The van der Waals surface area contributed by atoms with Gasteiger partial charge in [-0.3, -0.25) is 4.79 Å². The number of anilines is 1. The number of hydrogen-bond donors (Lipinski definition) is 1. The minimum Gasteiger partial charge on any atom is -0.493 e. The lowest BCUT2D eigenvalue weighted by Crippen LogP contribution is -2.31. The molecule has 1 amide bonds. The van der Waals surface area contributed by atoms with E-state index in [1.165, 1.54) is 11.1 Å². The van der Waals surface area contributed by atoms with Gasteiger partial charge in [0.15, 0.2) is 11.5 Å². The number of ether oxygens (including phenoxy) is 3. The minimum absolute atomic E-state index is 0.195. The predicted molar refractivity (Wildman–Crippen MR) is 103 cm³/mol.